The molecule has 4 heterocycles. The van der Waals surface area contributed by atoms with E-state index in [4.69, 9.17) is 5.41 Å². The number of carbonyl (C=O) groups excluding carboxylic acids is 4. The Kier molecular flexibility index (Phi) is 6.72. The van der Waals surface area contributed by atoms with Crippen molar-refractivity contribution in [1.29, 1.82) is 5.41 Å². The second-order valence-corrected chi connectivity index (χ2v) is 11.8. The number of fused-ring (bicyclic) bond motifs is 2. The lowest BCUT2D eigenvalue weighted by molar-refractivity contribution is -0.136. The van der Waals surface area contributed by atoms with Crippen LogP contribution < -0.4 is 16.0 Å². The Hall–Kier alpha value is -4.93. The zero-order valence-corrected chi connectivity index (χ0v) is 23.4. The third-order valence-corrected chi connectivity index (χ3v) is 8.79. The molecule has 3 fully saturated rings. The topological polar surface area (TPSA) is 157 Å². The molecule has 4 aliphatic rings. The van der Waals surface area contributed by atoms with E-state index in [1.54, 1.807) is 30.6 Å². The van der Waals surface area contributed by atoms with Crippen molar-refractivity contribution in [2.24, 2.45) is 11.8 Å². The molecule has 2 aromatic heterocycles. The number of pyridine rings is 2. The van der Waals surface area contributed by atoms with E-state index in [2.05, 4.69) is 25.9 Å². The van der Waals surface area contributed by atoms with Crippen molar-refractivity contribution in [2.75, 3.05) is 11.9 Å². The minimum Gasteiger partial charge on any atom is -0.388 e. The maximum Gasteiger partial charge on any atom is 0.262 e. The van der Waals surface area contributed by atoms with E-state index in [1.807, 2.05) is 24.4 Å². The third-order valence-electron chi connectivity index (χ3n) is 8.79. The number of hydrogen-bond acceptors (Lipinski definition) is 9. The van der Waals surface area contributed by atoms with Gasteiger partial charge in [-0.05, 0) is 74.4 Å². The summed E-state index contributed by atoms with van der Waals surface area (Å²) in [4.78, 5) is 59.9. The van der Waals surface area contributed by atoms with Crippen LogP contribution in [0.4, 0.5) is 5.69 Å². The number of benzene rings is 1. The molecule has 218 valence electrons. The van der Waals surface area contributed by atoms with Crippen molar-refractivity contribution in [3.05, 3.63) is 71.8 Å². The normalized spacial score (nSPS) is 23.6. The van der Waals surface area contributed by atoms with Crippen LogP contribution in [0.5, 0.6) is 0 Å². The van der Waals surface area contributed by atoms with Gasteiger partial charge in [-0.1, -0.05) is 0 Å². The third kappa shape index (κ3) is 5.04. The van der Waals surface area contributed by atoms with Gasteiger partial charge in [-0.25, -0.2) is 0 Å². The molecule has 11 heteroatoms. The van der Waals surface area contributed by atoms with Gasteiger partial charge in [-0.15, -0.1) is 0 Å². The lowest BCUT2D eigenvalue weighted by atomic mass is 9.80. The van der Waals surface area contributed by atoms with Crippen molar-refractivity contribution in [2.45, 2.75) is 50.6 Å². The SMILES string of the molecule is N=C(/C(=C\NC1CC(CNc2ccc3c(c2)C(=O)N(C2CCC(=O)NC2=O)C3=O)C1)c1nccc2ncccc12)C1CC1. The first-order valence-corrected chi connectivity index (χ1v) is 14.7. The summed E-state index contributed by atoms with van der Waals surface area (Å²) >= 11 is 0. The Labute approximate surface area is 247 Å². The number of rotatable bonds is 9. The molecule has 4 amide bonds. The molecule has 1 aromatic carbocycles. The zero-order chi connectivity index (χ0) is 29.7. The van der Waals surface area contributed by atoms with E-state index in [1.165, 1.54) is 0 Å². The summed E-state index contributed by atoms with van der Waals surface area (Å²) < 4.78 is 0. The summed E-state index contributed by atoms with van der Waals surface area (Å²) in [6.07, 6.45) is 9.66. The molecule has 1 atom stereocenters. The smallest absolute Gasteiger partial charge is 0.262 e. The first-order valence-electron chi connectivity index (χ1n) is 14.7. The van der Waals surface area contributed by atoms with Crippen LogP contribution in [0, 0.1) is 17.2 Å². The molecule has 0 bridgehead atoms. The number of amides is 4. The Balaban J connectivity index is 0.971. The average molecular weight is 578 g/mol. The first kappa shape index (κ1) is 26.9. The number of imide groups is 2. The van der Waals surface area contributed by atoms with Crippen LogP contribution in [0.25, 0.3) is 16.5 Å². The lowest BCUT2D eigenvalue weighted by Gasteiger charge is -2.36. The van der Waals surface area contributed by atoms with Gasteiger partial charge in [0.05, 0.1) is 22.3 Å². The zero-order valence-electron chi connectivity index (χ0n) is 23.4. The Bertz CT molecular complexity index is 1720. The van der Waals surface area contributed by atoms with E-state index in [-0.39, 0.29) is 35.9 Å². The maximum atomic E-state index is 13.1. The van der Waals surface area contributed by atoms with Crippen molar-refractivity contribution in [1.82, 2.24) is 25.5 Å². The van der Waals surface area contributed by atoms with Gasteiger partial charge in [0.25, 0.3) is 11.8 Å². The predicted octanol–water partition coefficient (Wildman–Crippen LogP) is 3.28. The van der Waals surface area contributed by atoms with Crippen LogP contribution in [0.3, 0.4) is 0 Å². The molecule has 11 nitrogen and oxygen atoms in total. The molecule has 3 aromatic rings. The van der Waals surface area contributed by atoms with E-state index in [9.17, 15) is 19.2 Å². The van der Waals surface area contributed by atoms with Crippen LogP contribution >= 0.6 is 0 Å². The van der Waals surface area contributed by atoms with Gasteiger partial charge < -0.3 is 16.0 Å². The minimum atomic E-state index is -0.975. The van der Waals surface area contributed by atoms with Crippen molar-refractivity contribution < 1.29 is 19.2 Å². The van der Waals surface area contributed by atoms with E-state index < -0.39 is 29.7 Å². The number of aromatic nitrogens is 2. The molecule has 0 radical (unpaired) electrons. The second kappa shape index (κ2) is 10.7. The summed E-state index contributed by atoms with van der Waals surface area (Å²) in [7, 11) is 0. The van der Waals surface area contributed by atoms with Gasteiger partial charge in [0.15, 0.2) is 0 Å². The Morgan fingerprint density at radius 3 is 2.60 bits per heavy atom. The highest BCUT2D eigenvalue weighted by atomic mass is 16.2. The molecule has 2 saturated carbocycles. The standard InChI is InChI=1S/C32H31N7O4/c33-28(18-3-4-18)24(29-22-2-1-10-34-25(22)9-11-35-29)16-37-20-12-17(13-20)15-36-19-5-6-21-23(14-19)32(43)39(31(21)42)26-7-8-27(40)38-30(26)41/h1-2,5-6,9-11,14,16-18,20,26,33,36-37H,3-4,7-8,12-13,15H2,(H,38,40,41)/b24-16+,33-28?. The number of piperidine rings is 1. The molecule has 2 aliphatic carbocycles. The largest absolute Gasteiger partial charge is 0.388 e. The highest BCUT2D eigenvalue weighted by molar-refractivity contribution is 6.26. The minimum absolute atomic E-state index is 0.0888. The molecule has 4 N–H and O–H groups in total. The number of anilines is 1. The van der Waals surface area contributed by atoms with Gasteiger partial charge in [0.1, 0.15) is 6.04 Å². The first-order chi connectivity index (χ1) is 20.9. The fourth-order valence-electron chi connectivity index (χ4n) is 6.17. The monoisotopic (exact) mass is 577 g/mol. The Morgan fingerprint density at radius 2 is 1.81 bits per heavy atom. The van der Waals surface area contributed by atoms with E-state index in [0.29, 0.717) is 18.2 Å². The number of nitrogens with one attached hydrogen (secondary N) is 4. The average Bonchev–Trinajstić information content (AvgIpc) is 3.81. The Morgan fingerprint density at radius 1 is 1.00 bits per heavy atom. The number of carbonyl (C=O) groups is 4. The molecule has 7 rings (SSSR count). The highest BCUT2D eigenvalue weighted by Gasteiger charge is 2.44. The van der Waals surface area contributed by atoms with Crippen molar-refractivity contribution in [3.63, 3.8) is 0 Å². The molecule has 0 spiro atoms. The quantitative estimate of drug-likeness (QED) is 0.223. The lowest BCUT2D eigenvalue weighted by Crippen LogP contribution is -2.54. The van der Waals surface area contributed by atoms with Crippen LogP contribution in [0.15, 0.2) is 55.0 Å². The second-order valence-electron chi connectivity index (χ2n) is 11.8. The summed E-state index contributed by atoms with van der Waals surface area (Å²) in [6.45, 7) is 0.709. The van der Waals surface area contributed by atoms with Gasteiger partial charge in [-0.3, -0.25) is 39.4 Å². The molecular weight excluding hydrogens is 546 g/mol. The highest BCUT2D eigenvalue weighted by Crippen LogP contribution is 2.37. The van der Waals surface area contributed by atoms with Gasteiger partial charge in [0, 0.05) is 65.9 Å². The summed E-state index contributed by atoms with van der Waals surface area (Å²) in [5, 5.41) is 18.9. The molecule has 1 saturated heterocycles. The van der Waals surface area contributed by atoms with Gasteiger partial charge in [0.2, 0.25) is 11.8 Å². The fraction of sp³-hybridized carbons (Fsp3) is 0.344. The maximum absolute atomic E-state index is 13.1. The van der Waals surface area contributed by atoms with Crippen LogP contribution in [0.2, 0.25) is 0 Å². The number of hydrogen-bond donors (Lipinski definition) is 4. The van der Waals surface area contributed by atoms with Crippen LogP contribution in [-0.2, 0) is 9.59 Å². The summed E-state index contributed by atoms with van der Waals surface area (Å²) in [5.41, 5.74) is 4.36. The van der Waals surface area contributed by atoms with Crippen molar-refractivity contribution in [3.8, 4) is 0 Å². The summed E-state index contributed by atoms with van der Waals surface area (Å²) in [5.74, 6) is -1.33. The van der Waals surface area contributed by atoms with Gasteiger partial charge >= 0.3 is 0 Å². The van der Waals surface area contributed by atoms with E-state index >= 15 is 0 Å². The molecule has 43 heavy (non-hydrogen) atoms. The van der Waals surface area contributed by atoms with Crippen molar-refractivity contribution >= 4 is 51.5 Å². The predicted molar refractivity (Wildman–Crippen MR) is 159 cm³/mol. The number of allylic oxidation sites excluding steroid dienone is 1. The molecule has 2 aliphatic heterocycles. The van der Waals surface area contributed by atoms with Crippen LogP contribution in [0.1, 0.15) is 64.9 Å². The van der Waals surface area contributed by atoms with E-state index in [0.717, 1.165) is 58.4 Å². The molecular formula is C32H31N7O4. The van der Waals surface area contributed by atoms with Gasteiger partial charge in [-0.2, -0.15) is 0 Å². The van der Waals surface area contributed by atoms with Crippen LogP contribution in [-0.4, -0.2) is 62.8 Å². The summed E-state index contributed by atoms with van der Waals surface area (Å²) in [6, 6.07) is 10.1. The number of nitrogens with zero attached hydrogens (tertiary/aromatic N) is 3. The molecule has 1 unspecified atom stereocenters. The fourth-order valence-corrected chi connectivity index (χ4v) is 6.17.